The smallest absolute Gasteiger partial charge is 0.249 e. The topological polar surface area (TPSA) is 58.6 Å². The van der Waals surface area contributed by atoms with E-state index >= 15 is 0 Å². The van der Waals surface area contributed by atoms with E-state index in [-0.39, 0.29) is 11.8 Å². The Morgan fingerprint density at radius 1 is 1.30 bits per heavy atom. The van der Waals surface area contributed by atoms with Gasteiger partial charge in [0.15, 0.2) is 0 Å². The van der Waals surface area contributed by atoms with Gasteiger partial charge in [-0.15, -0.1) is 0 Å². The number of amides is 2. The molecule has 1 atom stereocenters. The van der Waals surface area contributed by atoms with E-state index in [9.17, 15) is 9.59 Å². The zero-order chi connectivity index (χ0) is 19.2. The van der Waals surface area contributed by atoms with E-state index in [0.717, 1.165) is 74.2 Å². The van der Waals surface area contributed by atoms with Crippen molar-refractivity contribution in [2.24, 2.45) is 5.92 Å². The van der Waals surface area contributed by atoms with Crippen LogP contribution in [0, 0.1) is 12.8 Å². The van der Waals surface area contributed by atoms with Crippen LogP contribution in [0.25, 0.3) is 0 Å². The fourth-order valence-corrected chi connectivity index (χ4v) is 4.00. The molecular formula is C22H30N2O3. The van der Waals surface area contributed by atoms with Gasteiger partial charge in [0.1, 0.15) is 5.75 Å². The number of allylic oxidation sites excluding steroid dienone is 1. The zero-order valence-corrected chi connectivity index (χ0v) is 16.4. The summed E-state index contributed by atoms with van der Waals surface area (Å²) in [5.74, 6) is 1.45. The Hall–Kier alpha value is -2.30. The number of anilines is 1. The summed E-state index contributed by atoms with van der Waals surface area (Å²) >= 11 is 0. The number of aryl methyl sites for hydroxylation is 1. The summed E-state index contributed by atoms with van der Waals surface area (Å²) in [7, 11) is 1.63. The molecule has 0 radical (unpaired) electrons. The van der Waals surface area contributed by atoms with Crippen LogP contribution >= 0.6 is 0 Å². The van der Waals surface area contributed by atoms with Gasteiger partial charge < -0.3 is 15.0 Å². The van der Waals surface area contributed by atoms with Crippen LogP contribution in [0.5, 0.6) is 5.75 Å². The number of carbonyl (C=O) groups excluding carboxylic acids is 2. The van der Waals surface area contributed by atoms with Gasteiger partial charge in [-0.25, -0.2) is 0 Å². The number of benzene rings is 1. The van der Waals surface area contributed by atoms with Crippen molar-refractivity contribution in [1.29, 1.82) is 0 Å². The molecule has 1 aliphatic heterocycles. The predicted molar refractivity (Wildman–Crippen MR) is 107 cm³/mol. The van der Waals surface area contributed by atoms with Crippen LogP contribution in [0.1, 0.15) is 50.5 Å². The monoisotopic (exact) mass is 370 g/mol. The van der Waals surface area contributed by atoms with Gasteiger partial charge in [0.05, 0.1) is 7.11 Å². The summed E-state index contributed by atoms with van der Waals surface area (Å²) in [6.07, 6.45) is 8.58. The van der Waals surface area contributed by atoms with Gasteiger partial charge in [0.2, 0.25) is 11.8 Å². The molecule has 0 spiro atoms. The van der Waals surface area contributed by atoms with Gasteiger partial charge in [-0.05, 0) is 75.1 Å². The molecule has 1 aromatic rings. The Morgan fingerprint density at radius 2 is 2.15 bits per heavy atom. The van der Waals surface area contributed by atoms with E-state index in [1.165, 1.54) is 0 Å². The number of nitrogens with one attached hydrogen (secondary N) is 1. The highest BCUT2D eigenvalue weighted by molar-refractivity contribution is 5.94. The molecule has 27 heavy (non-hydrogen) atoms. The molecule has 3 rings (SSSR count). The van der Waals surface area contributed by atoms with Crippen LogP contribution in [-0.4, -0.2) is 36.9 Å². The first kappa shape index (κ1) is 19.5. The third-order valence-electron chi connectivity index (χ3n) is 5.61. The number of carbonyl (C=O) groups is 2. The number of hydrogen-bond donors (Lipinski definition) is 1. The number of rotatable bonds is 6. The van der Waals surface area contributed by atoms with E-state index in [2.05, 4.69) is 11.4 Å². The second-order valence-electron chi connectivity index (χ2n) is 7.65. The molecule has 1 N–H and O–H groups in total. The molecule has 2 aliphatic rings. The van der Waals surface area contributed by atoms with Gasteiger partial charge in [-0.3, -0.25) is 9.59 Å². The second-order valence-corrected chi connectivity index (χ2v) is 7.65. The summed E-state index contributed by atoms with van der Waals surface area (Å²) in [4.78, 5) is 26.9. The molecule has 2 amide bonds. The van der Waals surface area contributed by atoms with Crippen molar-refractivity contribution in [3.8, 4) is 5.75 Å². The lowest BCUT2D eigenvalue weighted by molar-refractivity contribution is -0.129. The summed E-state index contributed by atoms with van der Waals surface area (Å²) in [5.41, 5.74) is 2.81. The van der Waals surface area contributed by atoms with Crippen LogP contribution < -0.4 is 10.1 Å². The normalized spacial score (nSPS) is 19.6. The lowest BCUT2D eigenvalue weighted by Gasteiger charge is -2.33. The average molecular weight is 370 g/mol. The van der Waals surface area contributed by atoms with E-state index in [1.807, 2.05) is 30.0 Å². The van der Waals surface area contributed by atoms with E-state index < -0.39 is 0 Å². The zero-order valence-electron chi connectivity index (χ0n) is 16.4. The van der Waals surface area contributed by atoms with Gasteiger partial charge in [0.25, 0.3) is 0 Å². The van der Waals surface area contributed by atoms with Crippen molar-refractivity contribution in [1.82, 2.24) is 4.90 Å². The highest BCUT2D eigenvalue weighted by Crippen LogP contribution is 2.26. The quantitative estimate of drug-likeness (QED) is 0.821. The van der Waals surface area contributed by atoms with Gasteiger partial charge >= 0.3 is 0 Å². The molecule has 1 aromatic carbocycles. The van der Waals surface area contributed by atoms with Crippen LogP contribution in [0.2, 0.25) is 0 Å². The fourth-order valence-electron chi connectivity index (χ4n) is 4.00. The van der Waals surface area contributed by atoms with Crippen molar-refractivity contribution in [3.05, 3.63) is 35.4 Å². The van der Waals surface area contributed by atoms with E-state index in [1.54, 1.807) is 7.11 Å². The number of methoxy groups -OCH3 is 1. The first-order valence-electron chi connectivity index (χ1n) is 9.99. The maximum absolute atomic E-state index is 12.6. The Bertz CT molecular complexity index is 726. The van der Waals surface area contributed by atoms with Crippen molar-refractivity contribution in [2.45, 2.75) is 51.9 Å². The number of piperidine rings is 1. The first-order valence-corrected chi connectivity index (χ1v) is 9.99. The third-order valence-corrected chi connectivity index (χ3v) is 5.61. The highest BCUT2D eigenvalue weighted by Gasteiger charge is 2.26. The summed E-state index contributed by atoms with van der Waals surface area (Å²) in [6.45, 7) is 3.59. The molecule has 1 saturated heterocycles. The minimum atomic E-state index is 0.0326. The van der Waals surface area contributed by atoms with E-state index in [4.69, 9.17) is 4.74 Å². The minimum absolute atomic E-state index is 0.0326. The molecule has 0 bridgehead atoms. The molecular weight excluding hydrogens is 340 g/mol. The van der Waals surface area contributed by atoms with Crippen molar-refractivity contribution in [3.63, 3.8) is 0 Å². The molecule has 5 heteroatoms. The lowest BCUT2D eigenvalue weighted by Crippen LogP contribution is -2.40. The molecule has 1 heterocycles. The Balaban J connectivity index is 1.47. The van der Waals surface area contributed by atoms with Crippen LogP contribution in [-0.2, 0) is 9.59 Å². The standard InChI is InChI=1S/C22H30N2O3/c1-16-14-19(27-2)10-11-20(16)23-21(25)12-9-17-6-5-13-24(15-17)22(26)18-7-3-4-8-18/h7,10-11,14,17H,3-6,8-9,12-13,15H2,1-2H3,(H,23,25)/t17-/m0/s1. The molecule has 1 aliphatic carbocycles. The maximum Gasteiger partial charge on any atom is 0.249 e. The van der Waals surface area contributed by atoms with Gasteiger partial charge in [-0.1, -0.05) is 6.08 Å². The van der Waals surface area contributed by atoms with Crippen LogP contribution in [0.4, 0.5) is 5.69 Å². The molecule has 146 valence electrons. The van der Waals surface area contributed by atoms with Crippen LogP contribution in [0.3, 0.4) is 0 Å². The predicted octanol–water partition coefficient (Wildman–Crippen LogP) is 4.07. The van der Waals surface area contributed by atoms with Gasteiger partial charge in [0, 0.05) is 30.8 Å². The van der Waals surface area contributed by atoms with Gasteiger partial charge in [-0.2, -0.15) is 0 Å². The van der Waals surface area contributed by atoms with Crippen molar-refractivity contribution < 1.29 is 14.3 Å². The Morgan fingerprint density at radius 3 is 2.85 bits per heavy atom. The summed E-state index contributed by atoms with van der Waals surface area (Å²) < 4.78 is 5.20. The highest BCUT2D eigenvalue weighted by atomic mass is 16.5. The summed E-state index contributed by atoms with van der Waals surface area (Å²) in [6, 6.07) is 5.64. The van der Waals surface area contributed by atoms with Crippen molar-refractivity contribution >= 4 is 17.5 Å². The fraction of sp³-hybridized carbons (Fsp3) is 0.545. The second kappa shape index (κ2) is 9.07. The van der Waals surface area contributed by atoms with Crippen LogP contribution in [0.15, 0.2) is 29.8 Å². The number of nitrogens with zero attached hydrogens (tertiary/aromatic N) is 1. The Kier molecular flexibility index (Phi) is 6.54. The molecule has 5 nitrogen and oxygen atoms in total. The average Bonchev–Trinajstić information content (AvgIpc) is 3.22. The molecule has 1 fully saturated rings. The first-order chi connectivity index (χ1) is 13.1. The Labute approximate surface area is 161 Å². The third kappa shape index (κ3) is 5.12. The molecule has 0 unspecified atom stereocenters. The van der Waals surface area contributed by atoms with Crippen molar-refractivity contribution in [2.75, 3.05) is 25.5 Å². The molecule has 0 aromatic heterocycles. The van der Waals surface area contributed by atoms with E-state index in [0.29, 0.717) is 12.3 Å². The maximum atomic E-state index is 12.6. The SMILES string of the molecule is COc1ccc(NC(=O)CC[C@@H]2CCCN(C(=O)C3=CCCC3)C2)c(C)c1. The largest absolute Gasteiger partial charge is 0.497 e. The lowest BCUT2D eigenvalue weighted by atomic mass is 9.92. The number of ether oxygens (including phenoxy) is 1. The summed E-state index contributed by atoms with van der Waals surface area (Å²) in [5, 5.41) is 3.00. The molecule has 0 saturated carbocycles. The number of likely N-dealkylation sites (tertiary alicyclic amines) is 1. The number of hydrogen-bond acceptors (Lipinski definition) is 3. The minimum Gasteiger partial charge on any atom is -0.497 e.